The van der Waals surface area contributed by atoms with Crippen molar-refractivity contribution in [2.24, 2.45) is 5.10 Å². The highest BCUT2D eigenvalue weighted by atomic mass is 35.5. The Bertz CT molecular complexity index is 576. The molecule has 0 unspecified atom stereocenters. The van der Waals surface area contributed by atoms with Gasteiger partial charge in [-0.25, -0.2) is 5.43 Å². The van der Waals surface area contributed by atoms with Gasteiger partial charge in [-0.3, -0.25) is 9.59 Å². The van der Waals surface area contributed by atoms with E-state index in [4.69, 9.17) is 11.6 Å². The summed E-state index contributed by atoms with van der Waals surface area (Å²) < 4.78 is 0. The van der Waals surface area contributed by atoms with Crippen LogP contribution in [0.3, 0.4) is 0 Å². The molecule has 1 aliphatic rings. The molecule has 21 heavy (non-hydrogen) atoms. The number of carbonyl (C=O) groups is 2. The van der Waals surface area contributed by atoms with Crippen LogP contribution in [0.5, 0.6) is 0 Å². The fourth-order valence-electron chi connectivity index (χ4n) is 2.20. The van der Waals surface area contributed by atoms with Crippen molar-refractivity contribution in [2.45, 2.75) is 39.0 Å². The number of rotatable bonds is 2. The number of nitrogens with one attached hydrogen (secondary N) is 2. The van der Waals surface area contributed by atoms with Crippen LogP contribution >= 0.6 is 11.6 Å². The van der Waals surface area contributed by atoms with E-state index in [0.717, 1.165) is 37.0 Å². The second-order valence-corrected chi connectivity index (χ2v) is 5.53. The Morgan fingerprint density at radius 1 is 1.14 bits per heavy atom. The molecule has 1 aromatic carbocycles. The molecule has 0 spiro atoms. The highest BCUT2D eigenvalue weighted by Crippen LogP contribution is 2.19. The Balaban J connectivity index is 1.91. The van der Waals surface area contributed by atoms with Crippen molar-refractivity contribution >= 4 is 34.8 Å². The smallest absolute Gasteiger partial charge is 0.317 e. The highest BCUT2D eigenvalue weighted by Gasteiger charge is 2.15. The Hall–Kier alpha value is -1.88. The van der Waals surface area contributed by atoms with E-state index in [2.05, 4.69) is 15.8 Å². The summed E-state index contributed by atoms with van der Waals surface area (Å²) in [5, 5.41) is 7.15. The standard InChI is InChI=1S/C15H18ClN3O2/c1-10-9-11(16)7-8-13(10)17-14(20)15(21)19-18-12-5-3-2-4-6-12/h7-9H,2-6H2,1H3,(H,17,20)(H,19,21). The van der Waals surface area contributed by atoms with Gasteiger partial charge in [-0.2, -0.15) is 5.10 Å². The maximum absolute atomic E-state index is 11.8. The lowest BCUT2D eigenvalue weighted by Crippen LogP contribution is -2.33. The molecule has 1 saturated carbocycles. The number of halogens is 1. The van der Waals surface area contributed by atoms with E-state index in [-0.39, 0.29) is 0 Å². The second kappa shape index (κ2) is 7.22. The minimum atomic E-state index is -0.762. The first-order chi connectivity index (χ1) is 10.1. The molecule has 0 bridgehead atoms. The maximum atomic E-state index is 11.8. The zero-order chi connectivity index (χ0) is 15.2. The van der Waals surface area contributed by atoms with Crippen LogP contribution in [0.25, 0.3) is 0 Å². The first-order valence-electron chi connectivity index (χ1n) is 6.99. The van der Waals surface area contributed by atoms with Crippen molar-refractivity contribution in [3.63, 3.8) is 0 Å². The lowest BCUT2D eigenvalue weighted by Gasteiger charge is -2.12. The number of benzene rings is 1. The van der Waals surface area contributed by atoms with Gasteiger partial charge in [0, 0.05) is 16.4 Å². The molecular formula is C15H18ClN3O2. The number of carbonyl (C=O) groups excluding carboxylic acids is 2. The fraction of sp³-hybridized carbons (Fsp3) is 0.400. The zero-order valence-electron chi connectivity index (χ0n) is 11.9. The van der Waals surface area contributed by atoms with Gasteiger partial charge in [0.2, 0.25) is 0 Å². The first kappa shape index (κ1) is 15.5. The fourth-order valence-corrected chi connectivity index (χ4v) is 2.43. The van der Waals surface area contributed by atoms with Crippen LogP contribution in [-0.2, 0) is 9.59 Å². The van der Waals surface area contributed by atoms with Crippen LogP contribution in [0.15, 0.2) is 23.3 Å². The minimum Gasteiger partial charge on any atom is -0.317 e. The molecule has 2 N–H and O–H groups in total. The van der Waals surface area contributed by atoms with Crippen LogP contribution in [0, 0.1) is 6.92 Å². The minimum absolute atomic E-state index is 0.560. The Morgan fingerprint density at radius 3 is 2.52 bits per heavy atom. The number of amides is 2. The normalized spacial score (nSPS) is 14.5. The summed E-state index contributed by atoms with van der Waals surface area (Å²) in [7, 11) is 0. The largest absolute Gasteiger partial charge is 0.329 e. The quantitative estimate of drug-likeness (QED) is 0.651. The molecule has 1 aliphatic carbocycles. The molecule has 1 fully saturated rings. The number of anilines is 1. The third-order valence-electron chi connectivity index (χ3n) is 3.39. The molecule has 0 atom stereocenters. The molecule has 2 amide bonds. The third kappa shape index (κ3) is 4.56. The molecule has 5 nitrogen and oxygen atoms in total. The maximum Gasteiger partial charge on any atom is 0.329 e. The van der Waals surface area contributed by atoms with Crippen LogP contribution < -0.4 is 10.7 Å². The average Bonchev–Trinajstić information content (AvgIpc) is 2.48. The molecule has 0 saturated heterocycles. The summed E-state index contributed by atoms with van der Waals surface area (Å²) >= 11 is 5.84. The number of hydrazone groups is 1. The van der Waals surface area contributed by atoms with Gasteiger partial charge in [0.15, 0.2) is 0 Å². The van der Waals surface area contributed by atoms with Crippen molar-refractivity contribution in [1.82, 2.24) is 5.43 Å². The molecule has 1 aromatic rings. The molecule has 0 aromatic heterocycles. The Kier molecular flexibility index (Phi) is 5.33. The number of aryl methyl sites for hydroxylation is 1. The molecule has 2 rings (SSSR count). The van der Waals surface area contributed by atoms with E-state index in [1.165, 1.54) is 6.42 Å². The van der Waals surface area contributed by atoms with E-state index < -0.39 is 11.8 Å². The second-order valence-electron chi connectivity index (χ2n) is 5.09. The van der Waals surface area contributed by atoms with Crippen LogP contribution in [0.1, 0.15) is 37.7 Å². The summed E-state index contributed by atoms with van der Waals surface area (Å²) in [6.45, 7) is 1.81. The predicted molar refractivity (Wildman–Crippen MR) is 83.5 cm³/mol. The lowest BCUT2D eigenvalue weighted by molar-refractivity contribution is -0.136. The van der Waals surface area contributed by atoms with Gasteiger partial charge in [-0.15, -0.1) is 0 Å². The predicted octanol–water partition coefficient (Wildman–Crippen LogP) is 3.02. The molecule has 0 heterocycles. The van der Waals surface area contributed by atoms with Crippen LogP contribution in [0.4, 0.5) is 5.69 Å². The van der Waals surface area contributed by atoms with Crippen molar-refractivity contribution in [2.75, 3.05) is 5.32 Å². The molecule has 112 valence electrons. The van der Waals surface area contributed by atoms with Crippen molar-refractivity contribution < 1.29 is 9.59 Å². The molecular weight excluding hydrogens is 290 g/mol. The SMILES string of the molecule is Cc1cc(Cl)ccc1NC(=O)C(=O)NN=C1CCCCC1. The average molecular weight is 308 g/mol. The Labute approximate surface area is 128 Å². The monoisotopic (exact) mass is 307 g/mol. The molecule has 0 aliphatic heterocycles. The number of hydrogen-bond acceptors (Lipinski definition) is 3. The lowest BCUT2D eigenvalue weighted by atomic mass is 9.99. The van der Waals surface area contributed by atoms with Crippen LogP contribution in [0.2, 0.25) is 5.02 Å². The van der Waals surface area contributed by atoms with Crippen LogP contribution in [-0.4, -0.2) is 17.5 Å². The van der Waals surface area contributed by atoms with Gasteiger partial charge in [-0.05, 0) is 56.4 Å². The summed E-state index contributed by atoms with van der Waals surface area (Å²) in [6, 6.07) is 5.04. The summed E-state index contributed by atoms with van der Waals surface area (Å²) in [5.74, 6) is -1.50. The van der Waals surface area contributed by atoms with Gasteiger partial charge in [0.1, 0.15) is 0 Å². The van der Waals surface area contributed by atoms with Crippen molar-refractivity contribution in [3.8, 4) is 0 Å². The third-order valence-corrected chi connectivity index (χ3v) is 3.62. The van der Waals surface area contributed by atoms with E-state index in [0.29, 0.717) is 10.7 Å². The molecule has 0 radical (unpaired) electrons. The van der Waals surface area contributed by atoms with Crippen molar-refractivity contribution in [3.05, 3.63) is 28.8 Å². The van der Waals surface area contributed by atoms with Crippen molar-refractivity contribution in [1.29, 1.82) is 0 Å². The van der Waals surface area contributed by atoms with Gasteiger partial charge >= 0.3 is 11.8 Å². The molecule has 6 heteroatoms. The van der Waals surface area contributed by atoms with E-state index >= 15 is 0 Å². The number of nitrogens with zero attached hydrogens (tertiary/aromatic N) is 1. The van der Waals surface area contributed by atoms with Gasteiger partial charge in [0.05, 0.1) is 0 Å². The summed E-state index contributed by atoms with van der Waals surface area (Å²) in [5.41, 5.74) is 4.62. The van der Waals surface area contributed by atoms with Gasteiger partial charge in [-0.1, -0.05) is 18.0 Å². The zero-order valence-corrected chi connectivity index (χ0v) is 12.7. The first-order valence-corrected chi connectivity index (χ1v) is 7.37. The van der Waals surface area contributed by atoms with Gasteiger partial charge < -0.3 is 5.32 Å². The summed E-state index contributed by atoms with van der Waals surface area (Å²) in [4.78, 5) is 23.5. The summed E-state index contributed by atoms with van der Waals surface area (Å²) in [6.07, 6.45) is 5.15. The van der Waals surface area contributed by atoms with Gasteiger partial charge in [0.25, 0.3) is 0 Å². The van der Waals surface area contributed by atoms with E-state index in [9.17, 15) is 9.59 Å². The number of hydrogen-bond donors (Lipinski definition) is 2. The van der Waals surface area contributed by atoms with E-state index in [1.54, 1.807) is 18.2 Å². The van der Waals surface area contributed by atoms with E-state index in [1.807, 2.05) is 6.92 Å². The Morgan fingerprint density at radius 2 is 1.86 bits per heavy atom. The topological polar surface area (TPSA) is 70.6 Å². The highest BCUT2D eigenvalue weighted by molar-refractivity contribution is 6.39.